The number of rotatable bonds is 4. The molecule has 0 spiro atoms. The first-order valence-corrected chi connectivity index (χ1v) is 6.00. The van der Waals surface area contributed by atoms with Gasteiger partial charge in [0.15, 0.2) is 0 Å². The van der Waals surface area contributed by atoms with Gasteiger partial charge in [-0.2, -0.15) is 0 Å². The van der Waals surface area contributed by atoms with E-state index in [1.807, 2.05) is 17.6 Å². The van der Waals surface area contributed by atoms with Crippen LogP contribution in [0.15, 0.2) is 42.1 Å². The van der Waals surface area contributed by atoms with Crippen molar-refractivity contribution in [2.24, 2.45) is 0 Å². The topological polar surface area (TPSA) is 17.8 Å². The molecule has 0 saturated carbocycles. The van der Waals surface area contributed by atoms with Gasteiger partial charge in [-0.05, 0) is 17.0 Å². The molecule has 0 atom stereocenters. The molecule has 0 amide bonds. The van der Waals surface area contributed by atoms with Gasteiger partial charge in [-0.3, -0.25) is 0 Å². The summed E-state index contributed by atoms with van der Waals surface area (Å²) in [7, 11) is 0. The molecule has 0 fully saturated rings. The van der Waals surface area contributed by atoms with Crippen LogP contribution in [0.1, 0.15) is 0 Å². The molecule has 78 valence electrons. The number of imidazole rings is 1. The molecule has 0 aromatic carbocycles. The highest BCUT2D eigenvalue weighted by Crippen LogP contribution is 2.23. The summed E-state index contributed by atoms with van der Waals surface area (Å²) in [5, 5.41) is 2.05. The van der Waals surface area contributed by atoms with Gasteiger partial charge in [0.1, 0.15) is 5.82 Å². The molecule has 0 radical (unpaired) electrons. The zero-order valence-corrected chi connectivity index (χ0v) is 9.76. The van der Waals surface area contributed by atoms with Crippen molar-refractivity contribution in [3.63, 3.8) is 0 Å². The summed E-state index contributed by atoms with van der Waals surface area (Å²) in [6, 6.07) is 4.09. The van der Waals surface area contributed by atoms with E-state index >= 15 is 0 Å². The Morgan fingerprint density at radius 3 is 3.13 bits per heavy atom. The third kappa shape index (κ3) is 2.30. The number of halogens is 1. The molecule has 2 aromatic heterocycles. The van der Waals surface area contributed by atoms with E-state index in [2.05, 4.69) is 22.2 Å². The van der Waals surface area contributed by atoms with E-state index in [-0.39, 0.29) is 0 Å². The fraction of sp³-hybridized carbons (Fsp3) is 0.182. The average molecular weight is 239 g/mol. The summed E-state index contributed by atoms with van der Waals surface area (Å²) >= 11 is 7.40. The van der Waals surface area contributed by atoms with Crippen molar-refractivity contribution in [2.45, 2.75) is 6.54 Å². The molecule has 2 heterocycles. The van der Waals surface area contributed by atoms with Crippen molar-refractivity contribution in [2.75, 3.05) is 5.88 Å². The van der Waals surface area contributed by atoms with Gasteiger partial charge in [0.05, 0.1) is 4.88 Å². The largest absolute Gasteiger partial charge is 0.326 e. The minimum absolute atomic E-state index is 0.488. The van der Waals surface area contributed by atoms with Crippen molar-refractivity contribution >= 4 is 22.9 Å². The van der Waals surface area contributed by atoms with Crippen LogP contribution in [0.4, 0.5) is 0 Å². The van der Waals surface area contributed by atoms with Crippen LogP contribution in [-0.4, -0.2) is 15.4 Å². The first kappa shape index (κ1) is 10.5. The predicted molar refractivity (Wildman–Crippen MR) is 65.4 cm³/mol. The molecule has 0 bridgehead atoms. The quantitative estimate of drug-likeness (QED) is 0.590. The Bertz CT molecular complexity index is 445. The number of hydrogen-bond donors (Lipinski definition) is 0. The predicted octanol–water partition coefficient (Wildman–Crippen LogP) is 3.41. The van der Waals surface area contributed by atoms with Gasteiger partial charge >= 0.3 is 0 Å². The Hall–Kier alpha value is -1.06. The summed E-state index contributed by atoms with van der Waals surface area (Å²) in [4.78, 5) is 5.50. The molecule has 4 heteroatoms. The molecule has 0 N–H and O–H groups in total. The van der Waals surface area contributed by atoms with Crippen molar-refractivity contribution < 1.29 is 0 Å². The van der Waals surface area contributed by atoms with Crippen LogP contribution in [0.2, 0.25) is 0 Å². The van der Waals surface area contributed by atoms with Crippen LogP contribution in [0.5, 0.6) is 0 Å². The minimum Gasteiger partial charge on any atom is -0.326 e. The lowest BCUT2D eigenvalue weighted by Crippen LogP contribution is -2.01. The van der Waals surface area contributed by atoms with E-state index in [0.717, 1.165) is 17.9 Å². The molecule has 0 saturated heterocycles. The Balaban J connectivity index is 2.27. The number of aromatic nitrogens is 2. The first-order valence-electron chi connectivity index (χ1n) is 4.59. The van der Waals surface area contributed by atoms with Gasteiger partial charge in [-0.25, -0.2) is 4.98 Å². The lowest BCUT2D eigenvalue weighted by Gasteiger charge is -2.06. The van der Waals surface area contributed by atoms with Crippen LogP contribution < -0.4 is 0 Å². The standard InChI is InChI=1S/C11H11ClN2S/c1-9(7-12)8-14-5-4-13-11(14)10-3-2-6-15-10/h2-6H,1,7-8H2. The van der Waals surface area contributed by atoms with E-state index in [1.165, 1.54) is 4.88 Å². The first-order chi connectivity index (χ1) is 7.31. The zero-order chi connectivity index (χ0) is 10.7. The lowest BCUT2D eigenvalue weighted by molar-refractivity contribution is 0.797. The van der Waals surface area contributed by atoms with Gasteiger partial charge in [0.2, 0.25) is 0 Å². The van der Waals surface area contributed by atoms with Gasteiger partial charge in [0, 0.05) is 24.8 Å². The van der Waals surface area contributed by atoms with E-state index in [1.54, 1.807) is 17.5 Å². The molecule has 0 unspecified atom stereocenters. The summed E-state index contributed by atoms with van der Waals surface area (Å²) in [6.45, 7) is 4.63. The summed E-state index contributed by atoms with van der Waals surface area (Å²) in [5.41, 5.74) is 0.993. The molecule has 2 rings (SSSR count). The van der Waals surface area contributed by atoms with Gasteiger partial charge in [-0.1, -0.05) is 12.6 Å². The SMILES string of the molecule is C=C(CCl)Cn1ccnc1-c1cccs1. The van der Waals surface area contributed by atoms with Crippen molar-refractivity contribution in [3.05, 3.63) is 42.1 Å². The van der Waals surface area contributed by atoms with E-state index in [9.17, 15) is 0 Å². The maximum atomic E-state index is 5.72. The number of allylic oxidation sites excluding steroid dienone is 1. The third-order valence-corrected chi connectivity index (χ3v) is 3.28. The highest BCUT2D eigenvalue weighted by molar-refractivity contribution is 7.13. The summed E-state index contributed by atoms with van der Waals surface area (Å²) in [5.74, 6) is 1.47. The molecule has 0 aliphatic heterocycles. The van der Waals surface area contributed by atoms with Gasteiger partial charge in [0.25, 0.3) is 0 Å². The van der Waals surface area contributed by atoms with Crippen molar-refractivity contribution in [1.29, 1.82) is 0 Å². The maximum Gasteiger partial charge on any atom is 0.150 e. The zero-order valence-electron chi connectivity index (χ0n) is 8.19. The van der Waals surface area contributed by atoms with E-state index < -0.39 is 0 Å². The second-order valence-corrected chi connectivity index (χ2v) is 4.45. The molecular formula is C11H11ClN2S. The summed E-state index contributed by atoms with van der Waals surface area (Å²) < 4.78 is 2.07. The highest BCUT2D eigenvalue weighted by atomic mass is 35.5. The Morgan fingerprint density at radius 2 is 2.47 bits per heavy atom. The maximum absolute atomic E-state index is 5.72. The fourth-order valence-electron chi connectivity index (χ4n) is 1.35. The van der Waals surface area contributed by atoms with E-state index in [0.29, 0.717) is 5.88 Å². The number of alkyl halides is 1. The third-order valence-electron chi connectivity index (χ3n) is 2.04. The Labute approximate surface area is 97.8 Å². The molecule has 2 aromatic rings. The minimum atomic E-state index is 0.488. The summed E-state index contributed by atoms with van der Waals surface area (Å²) in [6.07, 6.45) is 3.75. The number of thiophene rings is 1. The second kappa shape index (κ2) is 4.64. The molecular weight excluding hydrogens is 228 g/mol. The smallest absolute Gasteiger partial charge is 0.150 e. The van der Waals surface area contributed by atoms with Crippen LogP contribution >= 0.6 is 22.9 Å². The average Bonchev–Trinajstić information content (AvgIpc) is 2.86. The Morgan fingerprint density at radius 1 is 1.60 bits per heavy atom. The fourth-order valence-corrected chi connectivity index (χ4v) is 2.17. The van der Waals surface area contributed by atoms with Crippen LogP contribution in [0, 0.1) is 0 Å². The van der Waals surface area contributed by atoms with Crippen LogP contribution in [0.25, 0.3) is 10.7 Å². The molecule has 15 heavy (non-hydrogen) atoms. The van der Waals surface area contributed by atoms with Gasteiger partial charge < -0.3 is 4.57 Å². The molecule has 0 aliphatic rings. The van der Waals surface area contributed by atoms with Crippen LogP contribution in [-0.2, 0) is 6.54 Å². The van der Waals surface area contributed by atoms with Crippen LogP contribution in [0.3, 0.4) is 0 Å². The molecule has 2 nitrogen and oxygen atoms in total. The Kier molecular flexibility index (Phi) is 3.23. The number of hydrogen-bond acceptors (Lipinski definition) is 2. The van der Waals surface area contributed by atoms with Crippen molar-refractivity contribution in [3.8, 4) is 10.7 Å². The second-order valence-electron chi connectivity index (χ2n) is 3.24. The van der Waals surface area contributed by atoms with Crippen molar-refractivity contribution in [1.82, 2.24) is 9.55 Å². The van der Waals surface area contributed by atoms with Gasteiger partial charge in [-0.15, -0.1) is 22.9 Å². The highest BCUT2D eigenvalue weighted by Gasteiger charge is 2.06. The van der Waals surface area contributed by atoms with E-state index in [4.69, 9.17) is 11.6 Å². The monoisotopic (exact) mass is 238 g/mol. The number of nitrogens with zero attached hydrogens (tertiary/aromatic N) is 2. The molecule has 0 aliphatic carbocycles. The lowest BCUT2D eigenvalue weighted by atomic mass is 10.3. The normalized spacial score (nSPS) is 10.5.